The lowest BCUT2D eigenvalue weighted by Gasteiger charge is -2.33. The maximum Gasteiger partial charge on any atom is 0.0624 e. The minimum Gasteiger partial charge on any atom is -0.316 e. The van der Waals surface area contributed by atoms with Gasteiger partial charge in [0.05, 0.1) is 5.69 Å². The Bertz CT molecular complexity index is 397. The van der Waals surface area contributed by atoms with Gasteiger partial charge < -0.3 is 5.32 Å². The van der Waals surface area contributed by atoms with Crippen LogP contribution >= 0.6 is 0 Å². The number of hydrogen-bond acceptors (Lipinski definition) is 2. The Labute approximate surface area is 117 Å². The molecule has 1 aromatic rings. The van der Waals surface area contributed by atoms with Crippen LogP contribution in [0.15, 0.2) is 6.07 Å². The first kappa shape index (κ1) is 14.6. The molecule has 1 N–H and O–H groups in total. The normalized spacial score (nSPS) is 25.5. The zero-order valence-electron chi connectivity index (χ0n) is 12.9. The Hall–Kier alpha value is -0.830. The minimum absolute atomic E-state index is 0.600. The fourth-order valence-electron chi connectivity index (χ4n) is 3.51. The molecule has 0 radical (unpaired) electrons. The molecule has 1 fully saturated rings. The summed E-state index contributed by atoms with van der Waals surface area (Å²) < 4.78 is 2.06. The molecule has 0 amide bonds. The van der Waals surface area contributed by atoms with Crippen molar-refractivity contribution in [1.82, 2.24) is 15.1 Å². The molecular formula is C16H29N3. The summed E-state index contributed by atoms with van der Waals surface area (Å²) in [6, 6.07) is 2.87. The summed E-state index contributed by atoms with van der Waals surface area (Å²) in [5, 5.41) is 8.12. The van der Waals surface area contributed by atoms with Gasteiger partial charge in [-0.05, 0) is 44.2 Å². The van der Waals surface area contributed by atoms with Gasteiger partial charge in [-0.15, -0.1) is 0 Å². The summed E-state index contributed by atoms with van der Waals surface area (Å²) in [5.74, 6) is 1.72. The van der Waals surface area contributed by atoms with Crippen molar-refractivity contribution in [2.75, 3.05) is 7.05 Å². The first-order valence-corrected chi connectivity index (χ1v) is 7.83. The minimum atomic E-state index is 0.600. The second kappa shape index (κ2) is 6.56. The number of hydrogen-bond donors (Lipinski definition) is 1. The van der Waals surface area contributed by atoms with E-state index in [1.165, 1.54) is 37.1 Å². The fraction of sp³-hybridized carbons (Fsp3) is 0.812. The van der Waals surface area contributed by atoms with Crippen molar-refractivity contribution in [3.63, 3.8) is 0 Å². The summed E-state index contributed by atoms with van der Waals surface area (Å²) in [7, 11) is 4.19. The second-order valence-corrected chi connectivity index (χ2v) is 6.24. The van der Waals surface area contributed by atoms with Gasteiger partial charge in [-0.2, -0.15) is 5.10 Å². The van der Waals surface area contributed by atoms with Crippen LogP contribution in [0, 0.1) is 11.8 Å². The molecule has 19 heavy (non-hydrogen) atoms. The monoisotopic (exact) mass is 263 g/mol. The molecule has 1 heterocycles. The van der Waals surface area contributed by atoms with E-state index in [9.17, 15) is 0 Å². The van der Waals surface area contributed by atoms with Gasteiger partial charge >= 0.3 is 0 Å². The van der Waals surface area contributed by atoms with Gasteiger partial charge in [0.2, 0.25) is 0 Å². The SMILES string of the molecule is CCc1cc(CC(NC)C2CCCC(C)C2)n(C)n1. The van der Waals surface area contributed by atoms with Crippen molar-refractivity contribution in [3.05, 3.63) is 17.5 Å². The third-order valence-corrected chi connectivity index (χ3v) is 4.74. The van der Waals surface area contributed by atoms with E-state index in [4.69, 9.17) is 0 Å². The van der Waals surface area contributed by atoms with E-state index < -0.39 is 0 Å². The van der Waals surface area contributed by atoms with Gasteiger partial charge in [0, 0.05) is 25.2 Å². The Morgan fingerprint density at radius 3 is 2.84 bits per heavy atom. The molecule has 2 rings (SSSR count). The van der Waals surface area contributed by atoms with E-state index >= 15 is 0 Å². The van der Waals surface area contributed by atoms with Crippen LogP contribution in [-0.2, 0) is 19.9 Å². The van der Waals surface area contributed by atoms with E-state index in [1.54, 1.807) is 0 Å². The van der Waals surface area contributed by atoms with Crippen molar-refractivity contribution in [1.29, 1.82) is 0 Å². The number of aromatic nitrogens is 2. The average Bonchev–Trinajstić information content (AvgIpc) is 2.76. The highest BCUT2D eigenvalue weighted by atomic mass is 15.3. The van der Waals surface area contributed by atoms with Crippen molar-refractivity contribution >= 4 is 0 Å². The van der Waals surface area contributed by atoms with Gasteiger partial charge in [0.1, 0.15) is 0 Å². The maximum absolute atomic E-state index is 4.57. The molecule has 3 nitrogen and oxygen atoms in total. The van der Waals surface area contributed by atoms with E-state index in [0.29, 0.717) is 6.04 Å². The van der Waals surface area contributed by atoms with E-state index in [2.05, 4.69) is 49.1 Å². The Balaban J connectivity index is 2.03. The molecule has 108 valence electrons. The summed E-state index contributed by atoms with van der Waals surface area (Å²) in [6.45, 7) is 4.57. The average molecular weight is 263 g/mol. The molecule has 0 aliphatic heterocycles. The van der Waals surface area contributed by atoms with Crippen molar-refractivity contribution < 1.29 is 0 Å². The largest absolute Gasteiger partial charge is 0.316 e. The van der Waals surface area contributed by atoms with Crippen molar-refractivity contribution in [3.8, 4) is 0 Å². The molecule has 1 saturated carbocycles. The van der Waals surface area contributed by atoms with Crippen LogP contribution in [0.4, 0.5) is 0 Å². The molecule has 1 aliphatic carbocycles. The Kier molecular flexibility index (Phi) is 5.03. The van der Waals surface area contributed by atoms with Crippen molar-refractivity contribution in [2.24, 2.45) is 18.9 Å². The van der Waals surface area contributed by atoms with E-state index in [0.717, 1.165) is 24.7 Å². The first-order chi connectivity index (χ1) is 9.13. The summed E-state index contributed by atoms with van der Waals surface area (Å²) >= 11 is 0. The van der Waals surface area contributed by atoms with Crippen LogP contribution in [0.5, 0.6) is 0 Å². The molecule has 3 unspecified atom stereocenters. The summed E-state index contributed by atoms with van der Waals surface area (Å²) in [6.07, 6.45) is 7.71. The van der Waals surface area contributed by atoms with Gasteiger partial charge in [-0.25, -0.2) is 0 Å². The molecule has 3 heteroatoms. The van der Waals surface area contributed by atoms with Crippen LogP contribution in [-0.4, -0.2) is 22.9 Å². The topological polar surface area (TPSA) is 29.9 Å². The summed E-state index contributed by atoms with van der Waals surface area (Å²) in [5.41, 5.74) is 2.58. The third kappa shape index (κ3) is 3.59. The highest BCUT2D eigenvalue weighted by Crippen LogP contribution is 2.31. The molecule has 1 aromatic heterocycles. The number of likely N-dealkylation sites (N-methyl/N-ethyl adjacent to an activating group) is 1. The predicted octanol–water partition coefficient (Wildman–Crippen LogP) is 2.94. The quantitative estimate of drug-likeness (QED) is 0.885. The van der Waals surface area contributed by atoms with E-state index in [-0.39, 0.29) is 0 Å². The second-order valence-electron chi connectivity index (χ2n) is 6.24. The van der Waals surface area contributed by atoms with Crippen LogP contribution < -0.4 is 5.32 Å². The maximum atomic E-state index is 4.57. The van der Waals surface area contributed by atoms with Crippen LogP contribution in [0.2, 0.25) is 0 Å². The fourth-order valence-corrected chi connectivity index (χ4v) is 3.51. The van der Waals surface area contributed by atoms with Gasteiger partial charge in [0.15, 0.2) is 0 Å². The Morgan fingerprint density at radius 1 is 1.47 bits per heavy atom. The molecule has 0 saturated heterocycles. The lowest BCUT2D eigenvalue weighted by Crippen LogP contribution is -2.38. The molecule has 3 atom stereocenters. The van der Waals surface area contributed by atoms with Crippen LogP contribution in [0.3, 0.4) is 0 Å². The number of nitrogens with zero attached hydrogens (tertiary/aromatic N) is 2. The molecular weight excluding hydrogens is 234 g/mol. The van der Waals surface area contributed by atoms with Gasteiger partial charge in [0.25, 0.3) is 0 Å². The molecule has 1 aliphatic rings. The Morgan fingerprint density at radius 2 is 2.26 bits per heavy atom. The zero-order valence-corrected chi connectivity index (χ0v) is 12.9. The molecule has 0 spiro atoms. The highest BCUT2D eigenvalue weighted by molar-refractivity contribution is 5.12. The van der Waals surface area contributed by atoms with Crippen molar-refractivity contribution in [2.45, 2.75) is 58.4 Å². The summed E-state index contributed by atoms with van der Waals surface area (Å²) in [4.78, 5) is 0. The van der Waals surface area contributed by atoms with Gasteiger partial charge in [-0.3, -0.25) is 4.68 Å². The smallest absolute Gasteiger partial charge is 0.0624 e. The predicted molar refractivity (Wildman–Crippen MR) is 80.3 cm³/mol. The zero-order chi connectivity index (χ0) is 13.8. The van der Waals surface area contributed by atoms with Gasteiger partial charge in [-0.1, -0.05) is 26.7 Å². The van der Waals surface area contributed by atoms with Crippen LogP contribution in [0.25, 0.3) is 0 Å². The molecule has 0 bridgehead atoms. The molecule has 0 aromatic carbocycles. The lowest BCUT2D eigenvalue weighted by molar-refractivity contribution is 0.226. The number of nitrogens with one attached hydrogen (secondary N) is 1. The van der Waals surface area contributed by atoms with E-state index in [1.807, 2.05) is 0 Å². The standard InChI is InChI=1S/C16H29N3/c1-5-14-10-15(19(4)18-14)11-16(17-3)13-8-6-7-12(2)9-13/h10,12-13,16-17H,5-9,11H2,1-4H3. The third-order valence-electron chi connectivity index (χ3n) is 4.74. The number of rotatable bonds is 5. The first-order valence-electron chi connectivity index (χ1n) is 7.83. The highest BCUT2D eigenvalue weighted by Gasteiger charge is 2.26. The van der Waals surface area contributed by atoms with Crippen LogP contribution in [0.1, 0.15) is 50.9 Å². The number of aryl methyl sites for hydroxylation is 2. The lowest BCUT2D eigenvalue weighted by atomic mass is 9.77.